The molecule has 1 atom stereocenters. The van der Waals surface area contributed by atoms with Crippen LogP contribution in [0.1, 0.15) is 29.0 Å². The van der Waals surface area contributed by atoms with Gasteiger partial charge in [0.1, 0.15) is 0 Å². The Morgan fingerprint density at radius 3 is 2.57 bits per heavy atom. The van der Waals surface area contributed by atoms with Crippen molar-refractivity contribution in [2.75, 3.05) is 20.1 Å². The maximum absolute atomic E-state index is 4.49. The van der Waals surface area contributed by atoms with E-state index in [0.29, 0.717) is 5.92 Å². The highest BCUT2D eigenvalue weighted by Crippen LogP contribution is 2.26. The normalized spacial score (nSPS) is 17.1. The predicted octanol–water partition coefficient (Wildman–Crippen LogP) is 3.50. The molecule has 1 aliphatic rings. The lowest BCUT2D eigenvalue weighted by Crippen LogP contribution is -2.39. The molecule has 1 saturated heterocycles. The Morgan fingerprint density at radius 1 is 1.07 bits per heavy atom. The number of nitrogens with one attached hydrogen (secondary N) is 1. The Morgan fingerprint density at radius 2 is 1.82 bits per heavy atom. The Kier molecular flexibility index (Phi) is 5.71. The number of nitrogens with zero attached hydrogens (tertiary/aromatic N) is 4. The first kappa shape index (κ1) is 18.3. The quantitative estimate of drug-likeness (QED) is 0.550. The fraction of sp³-hybridized carbons (Fsp3) is 0.304. The number of aliphatic imine (C=N–C) groups is 1. The maximum Gasteiger partial charge on any atom is 0.193 e. The van der Waals surface area contributed by atoms with E-state index in [9.17, 15) is 0 Å². The molecule has 0 bridgehead atoms. The van der Waals surface area contributed by atoms with Crippen LogP contribution in [0, 0.1) is 0 Å². The number of aromatic nitrogens is 2. The zero-order chi connectivity index (χ0) is 19.2. The lowest BCUT2D eigenvalue weighted by Gasteiger charge is -2.21. The van der Waals surface area contributed by atoms with Gasteiger partial charge in [0, 0.05) is 44.4 Å². The van der Waals surface area contributed by atoms with Crippen molar-refractivity contribution in [1.82, 2.24) is 20.0 Å². The first-order valence-electron chi connectivity index (χ1n) is 9.87. The van der Waals surface area contributed by atoms with Crippen LogP contribution in [0.2, 0.25) is 0 Å². The van der Waals surface area contributed by atoms with Crippen molar-refractivity contribution in [3.05, 3.63) is 89.7 Å². The summed E-state index contributed by atoms with van der Waals surface area (Å²) in [4.78, 5) is 6.85. The van der Waals surface area contributed by atoms with Crippen molar-refractivity contribution in [3.8, 4) is 0 Å². The van der Waals surface area contributed by atoms with E-state index in [1.807, 2.05) is 24.0 Å². The lowest BCUT2D eigenvalue weighted by molar-refractivity contribution is 0.486. The maximum atomic E-state index is 4.49. The number of hydrogen-bond acceptors (Lipinski definition) is 2. The zero-order valence-electron chi connectivity index (χ0n) is 16.3. The zero-order valence-corrected chi connectivity index (χ0v) is 16.3. The number of hydrogen-bond donors (Lipinski definition) is 1. The summed E-state index contributed by atoms with van der Waals surface area (Å²) in [6.07, 6.45) is 5.20. The van der Waals surface area contributed by atoms with Crippen LogP contribution < -0.4 is 5.32 Å². The molecule has 2 aromatic carbocycles. The molecule has 3 aromatic rings. The fourth-order valence-corrected chi connectivity index (χ4v) is 3.82. The third-order valence-corrected chi connectivity index (χ3v) is 5.30. The third-order valence-electron chi connectivity index (χ3n) is 5.30. The molecule has 0 amide bonds. The van der Waals surface area contributed by atoms with Crippen molar-refractivity contribution in [2.45, 2.75) is 25.4 Å². The second-order valence-electron chi connectivity index (χ2n) is 7.27. The van der Waals surface area contributed by atoms with Gasteiger partial charge < -0.3 is 10.2 Å². The first-order chi connectivity index (χ1) is 13.8. The molecule has 0 radical (unpaired) electrons. The molecule has 144 valence electrons. The molecule has 1 aliphatic heterocycles. The van der Waals surface area contributed by atoms with Crippen molar-refractivity contribution in [1.29, 1.82) is 0 Å². The van der Waals surface area contributed by atoms with Gasteiger partial charge >= 0.3 is 0 Å². The minimum atomic E-state index is 0.577. The number of rotatable bonds is 5. The van der Waals surface area contributed by atoms with Gasteiger partial charge in [-0.1, -0.05) is 60.7 Å². The average molecular weight is 374 g/mol. The smallest absolute Gasteiger partial charge is 0.193 e. The van der Waals surface area contributed by atoms with E-state index in [-0.39, 0.29) is 0 Å². The molecule has 5 nitrogen and oxygen atoms in total. The molecule has 0 aliphatic carbocycles. The highest BCUT2D eigenvalue weighted by molar-refractivity contribution is 5.80. The summed E-state index contributed by atoms with van der Waals surface area (Å²) in [6, 6.07) is 21.2. The van der Waals surface area contributed by atoms with Crippen molar-refractivity contribution in [3.63, 3.8) is 0 Å². The summed E-state index contributed by atoms with van der Waals surface area (Å²) in [5.74, 6) is 1.54. The Bertz CT molecular complexity index is 901. The second kappa shape index (κ2) is 8.74. The molecule has 4 rings (SSSR count). The van der Waals surface area contributed by atoms with Crippen LogP contribution in [0.3, 0.4) is 0 Å². The molecule has 1 fully saturated rings. The third kappa shape index (κ3) is 4.42. The van der Waals surface area contributed by atoms with Crippen molar-refractivity contribution in [2.24, 2.45) is 4.99 Å². The molecular formula is C23H27N5. The van der Waals surface area contributed by atoms with E-state index in [0.717, 1.165) is 37.7 Å². The van der Waals surface area contributed by atoms with Gasteiger partial charge in [-0.15, -0.1) is 0 Å². The number of benzene rings is 2. The summed E-state index contributed by atoms with van der Waals surface area (Å²) in [5, 5.41) is 7.99. The van der Waals surface area contributed by atoms with Gasteiger partial charge in [-0.3, -0.25) is 9.67 Å². The Balaban J connectivity index is 1.31. The summed E-state index contributed by atoms with van der Waals surface area (Å²) in [5.41, 5.74) is 3.84. The Labute approximate surface area is 166 Å². The molecule has 1 N–H and O–H groups in total. The summed E-state index contributed by atoms with van der Waals surface area (Å²) in [7, 11) is 1.86. The first-order valence-corrected chi connectivity index (χ1v) is 9.87. The van der Waals surface area contributed by atoms with Gasteiger partial charge in [0.15, 0.2) is 5.96 Å². The predicted molar refractivity (Wildman–Crippen MR) is 113 cm³/mol. The lowest BCUT2D eigenvalue weighted by atomic mass is 9.99. The molecule has 28 heavy (non-hydrogen) atoms. The van der Waals surface area contributed by atoms with Crippen LogP contribution in [-0.4, -0.2) is 40.8 Å². The highest BCUT2D eigenvalue weighted by Gasteiger charge is 2.25. The van der Waals surface area contributed by atoms with E-state index >= 15 is 0 Å². The van der Waals surface area contributed by atoms with Crippen molar-refractivity contribution >= 4 is 5.96 Å². The highest BCUT2D eigenvalue weighted by atomic mass is 15.3. The average Bonchev–Trinajstić information content (AvgIpc) is 3.40. The van der Waals surface area contributed by atoms with Gasteiger partial charge in [0.2, 0.25) is 0 Å². The van der Waals surface area contributed by atoms with Crippen LogP contribution in [0.25, 0.3) is 0 Å². The van der Waals surface area contributed by atoms with Gasteiger partial charge in [0.25, 0.3) is 0 Å². The van der Waals surface area contributed by atoms with Crippen LogP contribution in [-0.2, 0) is 13.1 Å². The molecule has 1 unspecified atom stereocenters. The fourth-order valence-electron chi connectivity index (χ4n) is 3.82. The minimum absolute atomic E-state index is 0.577. The topological polar surface area (TPSA) is 45.5 Å². The largest absolute Gasteiger partial charge is 0.352 e. The monoisotopic (exact) mass is 373 g/mol. The van der Waals surface area contributed by atoms with Crippen molar-refractivity contribution < 1.29 is 0 Å². The van der Waals surface area contributed by atoms with E-state index in [1.165, 1.54) is 17.5 Å². The summed E-state index contributed by atoms with van der Waals surface area (Å²) >= 11 is 0. The number of guanidine groups is 1. The van der Waals surface area contributed by atoms with E-state index < -0.39 is 0 Å². The molecule has 0 saturated carbocycles. The molecular weight excluding hydrogens is 346 g/mol. The summed E-state index contributed by atoms with van der Waals surface area (Å²) in [6.45, 7) is 3.57. The minimum Gasteiger partial charge on any atom is -0.352 e. The Hall–Kier alpha value is -3.08. The van der Waals surface area contributed by atoms with Gasteiger partial charge in [0.05, 0.1) is 12.7 Å². The van der Waals surface area contributed by atoms with Gasteiger partial charge in [-0.2, -0.15) is 5.10 Å². The molecule has 5 heteroatoms. The van der Waals surface area contributed by atoms with E-state index in [4.69, 9.17) is 0 Å². The van der Waals surface area contributed by atoms with E-state index in [1.54, 1.807) is 0 Å². The van der Waals surface area contributed by atoms with Gasteiger partial charge in [-0.05, 0) is 17.5 Å². The molecule has 2 heterocycles. The molecule has 0 spiro atoms. The van der Waals surface area contributed by atoms with Gasteiger partial charge in [-0.25, -0.2) is 0 Å². The van der Waals surface area contributed by atoms with Crippen LogP contribution in [0.4, 0.5) is 0 Å². The molecule has 1 aromatic heterocycles. The standard InChI is InChI=1S/C23H27N5/c1-24-23(27-13-12-22(18-27)21-10-6-3-7-11-21)25-14-20-15-26-28(17-20)16-19-8-4-2-5-9-19/h2-11,15,17,22H,12-14,16,18H2,1H3,(H,24,25). The second-order valence-corrected chi connectivity index (χ2v) is 7.27. The van der Waals surface area contributed by atoms with Crippen LogP contribution >= 0.6 is 0 Å². The van der Waals surface area contributed by atoms with E-state index in [2.05, 4.69) is 81.1 Å². The summed E-state index contributed by atoms with van der Waals surface area (Å²) < 4.78 is 1.98. The SMILES string of the molecule is CN=C(NCc1cnn(Cc2ccccc2)c1)N1CCC(c2ccccc2)C1. The number of likely N-dealkylation sites (tertiary alicyclic amines) is 1. The van der Waals surface area contributed by atoms with Crippen LogP contribution in [0.5, 0.6) is 0 Å². The van der Waals surface area contributed by atoms with Crippen LogP contribution in [0.15, 0.2) is 78.0 Å².